The molecule has 1 aliphatic rings. The molecule has 1 aromatic carbocycles. The van der Waals surface area contributed by atoms with E-state index in [1.54, 1.807) is 0 Å². The lowest BCUT2D eigenvalue weighted by molar-refractivity contribution is 0.233. The molecule has 6 nitrogen and oxygen atoms in total. The quantitative estimate of drug-likeness (QED) is 0.707. The lowest BCUT2D eigenvalue weighted by Crippen LogP contribution is -2.44. The van der Waals surface area contributed by atoms with Gasteiger partial charge in [-0.1, -0.05) is 49.6 Å². The Morgan fingerprint density at radius 2 is 1.78 bits per heavy atom. The number of urea groups is 1. The number of carbonyl (C=O) groups is 1. The number of nitrogens with one attached hydrogen (secondary N) is 3. The van der Waals surface area contributed by atoms with Gasteiger partial charge in [-0.25, -0.2) is 17.9 Å². The first kappa shape index (κ1) is 17.7. The van der Waals surface area contributed by atoms with Crippen LogP contribution in [0.5, 0.6) is 0 Å². The van der Waals surface area contributed by atoms with Crippen molar-refractivity contribution in [2.24, 2.45) is 0 Å². The maximum atomic E-state index is 11.9. The smallest absolute Gasteiger partial charge is 0.315 e. The van der Waals surface area contributed by atoms with Crippen molar-refractivity contribution in [1.82, 2.24) is 15.4 Å². The fraction of sp³-hybridized carbons (Fsp3) is 0.562. The van der Waals surface area contributed by atoms with E-state index in [-0.39, 0.29) is 30.9 Å². The summed E-state index contributed by atoms with van der Waals surface area (Å²) in [5.74, 6) is -0.127. The summed E-state index contributed by atoms with van der Waals surface area (Å²) in [6.07, 6.45) is 5.52. The van der Waals surface area contributed by atoms with Crippen LogP contribution >= 0.6 is 0 Å². The van der Waals surface area contributed by atoms with Gasteiger partial charge in [-0.2, -0.15) is 0 Å². The molecule has 0 saturated heterocycles. The highest BCUT2D eigenvalue weighted by atomic mass is 32.2. The molecule has 0 radical (unpaired) electrons. The minimum Gasteiger partial charge on any atom is -0.337 e. The molecule has 0 unspecified atom stereocenters. The minimum absolute atomic E-state index is 0.0999. The van der Waals surface area contributed by atoms with Crippen molar-refractivity contribution in [2.45, 2.75) is 44.7 Å². The number of amides is 2. The average Bonchev–Trinajstić information content (AvgIpc) is 2.55. The van der Waals surface area contributed by atoms with Crippen LogP contribution in [-0.2, 0) is 16.6 Å². The second-order valence-electron chi connectivity index (χ2n) is 5.86. The summed E-state index contributed by atoms with van der Waals surface area (Å²) in [6, 6.07) is 9.26. The average molecular weight is 339 g/mol. The summed E-state index contributed by atoms with van der Waals surface area (Å²) in [5, 5.41) is 5.51. The molecule has 0 aromatic heterocycles. The zero-order valence-electron chi connectivity index (χ0n) is 13.3. The van der Waals surface area contributed by atoms with Crippen LogP contribution in [0.1, 0.15) is 37.7 Å². The number of hydrogen-bond acceptors (Lipinski definition) is 3. The Labute approximate surface area is 138 Å². The highest BCUT2D eigenvalue weighted by molar-refractivity contribution is 7.89. The third-order valence-electron chi connectivity index (χ3n) is 3.94. The first-order valence-corrected chi connectivity index (χ1v) is 9.76. The Kier molecular flexibility index (Phi) is 6.85. The van der Waals surface area contributed by atoms with Crippen LogP contribution in [-0.4, -0.2) is 32.8 Å². The largest absolute Gasteiger partial charge is 0.337 e. The molecule has 3 N–H and O–H groups in total. The second-order valence-corrected chi connectivity index (χ2v) is 7.79. The fourth-order valence-electron chi connectivity index (χ4n) is 2.64. The topological polar surface area (TPSA) is 87.3 Å². The van der Waals surface area contributed by atoms with Crippen molar-refractivity contribution in [3.05, 3.63) is 35.9 Å². The third kappa shape index (κ3) is 7.00. The Morgan fingerprint density at radius 3 is 2.48 bits per heavy atom. The predicted octanol–water partition coefficient (Wildman–Crippen LogP) is 1.74. The van der Waals surface area contributed by atoms with E-state index >= 15 is 0 Å². The zero-order valence-corrected chi connectivity index (χ0v) is 14.1. The van der Waals surface area contributed by atoms with Gasteiger partial charge in [0.1, 0.15) is 0 Å². The highest BCUT2D eigenvalue weighted by Gasteiger charge is 2.16. The van der Waals surface area contributed by atoms with Gasteiger partial charge in [0.25, 0.3) is 0 Å². The van der Waals surface area contributed by atoms with Crippen LogP contribution in [0.4, 0.5) is 4.79 Å². The molecule has 1 saturated carbocycles. The Balaban J connectivity index is 1.64. The van der Waals surface area contributed by atoms with Gasteiger partial charge in [0.05, 0.1) is 5.75 Å². The maximum absolute atomic E-state index is 11.9. The van der Waals surface area contributed by atoms with Gasteiger partial charge in [-0.3, -0.25) is 0 Å². The first-order chi connectivity index (χ1) is 11.1. The zero-order chi connectivity index (χ0) is 16.5. The van der Waals surface area contributed by atoms with Gasteiger partial charge >= 0.3 is 6.03 Å². The molecule has 7 heteroatoms. The maximum Gasteiger partial charge on any atom is 0.315 e. The lowest BCUT2D eigenvalue weighted by atomic mass is 9.96. The standard InChI is InChI=1S/C16H25N3O3S/c20-16(19-15-9-5-2-6-10-15)17-11-12-23(21,22)18-13-14-7-3-1-4-8-14/h1,3-4,7-8,15,18H,2,5-6,9-13H2,(H2,17,19,20). The number of sulfonamides is 1. The van der Waals surface area contributed by atoms with E-state index in [0.29, 0.717) is 0 Å². The van der Waals surface area contributed by atoms with E-state index < -0.39 is 10.0 Å². The first-order valence-electron chi connectivity index (χ1n) is 8.11. The van der Waals surface area contributed by atoms with Crippen LogP contribution < -0.4 is 15.4 Å². The third-order valence-corrected chi connectivity index (χ3v) is 5.26. The van der Waals surface area contributed by atoms with Crippen molar-refractivity contribution in [2.75, 3.05) is 12.3 Å². The van der Waals surface area contributed by atoms with Crippen LogP contribution in [0.2, 0.25) is 0 Å². The molecule has 23 heavy (non-hydrogen) atoms. The number of hydrogen-bond donors (Lipinski definition) is 3. The van der Waals surface area contributed by atoms with Crippen molar-refractivity contribution < 1.29 is 13.2 Å². The van der Waals surface area contributed by atoms with E-state index in [0.717, 1.165) is 31.2 Å². The summed E-state index contributed by atoms with van der Waals surface area (Å²) in [4.78, 5) is 11.7. The van der Waals surface area contributed by atoms with E-state index in [4.69, 9.17) is 0 Å². The Morgan fingerprint density at radius 1 is 1.09 bits per heavy atom. The van der Waals surface area contributed by atoms with E-state index in [1.165, 1.54) is 6.42 Å². The molecule has 0 aliphatic heterocycles. The fourth-order valence-corrected chi connectivity index (χ4v) is 3.55. The molecule has 1 aromatic rings. The Hall–Kier alpha value is -1.60. The molecule has 2 amide bonds. The van der Waals surface area contributed by atoms with Crippen LogP contribution in [0.25, 0.3) is 0 Å². The number of rotatable bonds is 7. The molecule has 0 heterocycles. The van der Waals surface area contributed by atoms with Gasteiger partial charge in [0.2, 0.25) is 10.0 Å². The second kappa shape index (κ2) is 8.88. The van der Waals surface area contributed by atoms with E-state index in [2.05, 4.69) is 15.4 Å². The molecule has 0 spiro atoms. The predicted molar refractivity (Wildman–Crippen MR) is 90.5 cm³/mol. The number of carbonyl (C=O) groups excluding carboxylic acids is 1. The summed E-state index contributed by atoms with van der Waals surface area (Å²) in [7, 11) is -3.40. The molecule has 0 atom stereocenters. The highest BCUT2D eigenvalue weighted by Crippen LogP contribution is 2.17. The van der Waals surface area contributed by atoms with Crippen molar-refractivity contribution in [3.8, 4) is 0 Å². The van der Waals surface area contributed by atoms with Crippen molar-refractivity contribution in [1.29, 1.82) is 0 Å². The normalized spacial score (nSPS) is 16.0. The van der Waals surface area contributed by atoms with Crippen molar-refractivity contribution in [3.63, 3.8) is 0 Å². The molecule has 0 bridgehead atoms. The summed E-state index contributed by atoms with van der Waals surface area (Å²) in [6.45, 7) is 0.361. The monoisotopic (exact) mass is 339 g/mol. The van der Waals surface area contributed by atoms with E-state index in [9.17, 15) is 13.2 Å². The van der Waals surface area contributed by atoms with Crippen LogP contribution in [0.15, 0.2) is 30.3 Å². The molecular weight excluding hydrogens is 314 g/mol. The van der Waals surface area contributed by atoms with Gasteiger partial charge < -0.3 is 10.6 Å². The van der Waals surface area contributed by atoms with Gasteiger partial charge in [-0.05, 0) is 18.4 Å². The van der Waals surface area contributed by atoms with E-state index in [1.807, 2.05) is 30.3 Å². The molecule has 2 rings (SSSR count). The lowest BCUT2D eigenvalue weighted by Gasteiger charge is -2.22. The molecule has 1 aliphatic carbocycles. The van der Waals surface area contributed by atoms with Crippen LogP contribution in [0.3, 0.4) is 0 Å². The summed E-state index contributed by atoms with van der Waals surface area (Å²) < 4.78 is 26.3. The van der Waals surface area contributed by atoms with Gasteiger partial charge in [0, 0.05) is 19.1 Å². The molecule has 1 fully saturated rings. The summed E-state index contributed by atoms with van der Waals surface area (Å²) in [5.41, 5.74) is 0.902. The van der Waals surface area contributed by atoms with Gasteiger partial charge in [-0.15, -0.1) is 0 Å². The van der Waals surface area contributed by atoms with Gasteiger partial charge in [0.15, 0.2) is 0 Å². The summed E-state index contributed by atoms with van der Waals surface area (Å²) >= 11 is 0. The molecule has 128 valence electrons. The SMILES string of the molecule is O=C(NCCS(=O)(=O)NCc1ccccc1)NC1CCCCC1. The minimum atomic E-state index is -3.40. The van der Waals surface area contributed by atoms with Crippen molar-refractivity contribution >= 4 is 16.1 Å². The molecular formula is C16H25N3O3S. The Bertz CT molecular complexity index is 584. The number of benzene rings is 1. The van der Waals surface area contributed by atoms with Crippen LogP contribution in [0, 0.1) is 0 Å².